The first-order chi connectivity index (χ1) is 6.92. The Morgan fingerprint density at radius 2 is 2.29 bits per heavy atom. The summed E-state index contributed by atoms with van der Waals surface area (Å²) < 4.78 is 8.29. The van der Waals surface area contributed by atoms with Crippen LogP contribution < -0.4 is 4.74 Å². The van der Waals surface area contributed by atoms with Gasteiger partial charge in [0.1, 0.15) is 5.75 Å². The summed E-state index contributed by atoms with van der Waals surface area (Å²) in [6.07, 6.45) is 0.876. The lowest BCUT2D eigenvalue weighted by Gasteiger charge is -2.18. The molecule has 0 radical (unpaired) electrons. The number of nitrogens with zero attached hydrogens (tertiary/aromatic N) is 1. The summed E-state index contributed by atoms with van der Waals surface area (Å²) in [5, 5.41) is 1.22. The topological polar surface area (TPSA) is 38.7 Å². The number of ether oxygens (including phenoxy) is 1. The third-order valence-corrected chi connectivity index (χ3v) is 3.92. The Morgan fingerprint density at radius 3 is 3.14 bits per heavy atom. The third-order valence-electron chi connectivity index (χ3n) is 1.98. The van der Waals surface area contributed by atoms with Crippen LogP contribution in [-0.2, 0) is 0 Å². The van der Waals surface area contributed by atoms with Gasteiger partial charge >= 0.3 is 0 Å². The Hall–Kier alpha value is -0.860. The lowest BCUT2D eigenvalue weighted by atomic mass is 10.1. The third kappa shape index (κ3) is 1.97. The van der Waals surface area contributed by atoms with Crippen LogP contribution in [0, 0.1) is 4.91 Å². The number of hydrogen-bond donors (Lipinski definition) is 0. The van der Waals surface area contributed by atoms with Gasteiger partial charge in [0.15, 0.2) is 0 Å². The molecule has 0 aromatic heterocycles. The molecular weight excluding hydrogens is 217 g/mol. The van der Waals surface area contributed by atoms with E-state index in [-0.39, 0.29) is 0 Å². The van der Waals surface area contributed by atoms with E-state index in [2.05, 4.69) is 4.58 Å². The van der Waals surface area contributed by atoms with Crippen LogP contribution in [0.1, 0.15) is 12.0 Å². The Kier molecular flexibility index (Phi) is 3.17. The molecule has 5 heteroatoms. The quantitative estimate of drug-likeness (QED) is 0.440. The van der Waals surface area contributed by atoms with Crippen LogP contribution in [0.2, 0.25) is 0 Å². The second-order valence-electron chi connectivity index (χ2n) is 2.79. The number of rotatable bonds is 2. The van der Waals surface area contributed by atoms with Crippen LogP contribution in [0.15, 0.2) is 28.8 Å². The summed E-state index contributed by atoms with van der Waals surface area (Å²) in [5.74, 6) is 0.910. The highest BCUT2D eigenvalue weighted by Gasteiger charge is 2.14. The van der Waals surface area contributed by atoms with Crippen LogP contribution in [-0.4, -0.2) is 11.9 Å². The van der Waals surface area contributed by atoms with E-state index >= 15 is 0 Å². The molecule has 1 heterocycles. The second kappa shape index (κ2) is 4.58. The summed E-state index contributed by atoms with van der Waals surface area (Å²) in [4.78, 5) is 10.0. The molecule has 14 heavy (non-hydrogen) atoms. The van der Waals surface area contributed by atoms with E-state index in [1.807, 2.05) is 24.3 Å². The highest BCUT2D eigenvalue weighted by molar-refractivity contribution is 8.48. The Morgan fingerprint density at radius 1 is 1.43 bits per heavy atom. The van der Waals surface area contributed by atoms with Crippen molar-refractivity contribution in [1.29, 1.82) is 0 Å². The molecule has 0 bridgehead atoms. The molecule has 0 amide bonds. The molecule has 1 aromatic carbocycles. The van der Waals surface area contributed by atoms with Crippen molar-refractivity contribution < 1.29 is 4.74 Å². The zero-order valence-electron chi connectivity index (χ0n) is 7.34. The average molecular weight is 225 g/mol. The number of hydrogen-bond acceptors (Lipinski definition) is 4. The maximum atomic E-state index is 10.0. The van der Waals surface area contributed by atoms with Gasteiger partial charge < -0.3 is 4.74 Å². The molecule has 0 aliphatic carbocycles. The lowest BCUT2D eigenvalue weighted by molar-refractivity contribution is 0.321. The second-order valence-corrected chi connectivity index (χ2v) is 4.86. The maximum absolute atomic E-state index is 10.0. The molecule has 0 saturated heterocycles. The van der Waals surface area contributed by atoms with Crippen LogP contribution in [0.4, 0.5) is 0 Å². The molecule has 3 nitrogen and oxygen atoms in total. The molecule has 0 spiro atoms. The highest BCUT2D eigenvalue weighted by Crippen LogP contribution is 2.32. The first-order valence-electron chi connectivity index (χ1n) is 4.20. The normalized spacial score (nSPS) is 17.3. The molecule has 1 aromatic rings. The number of nitroso groups, excluding NO2 is 1. The molecule has 72 valence electrons. The minimum Gasteiger partial charge on any atom is -0.493 e. The molecule has 0 N–H and O–H groups in total. The fourth-order valence-corrected chi connectivity index (χ4v) is 2.95. The van der Waals surface area contributed by atoms with E-state index < -0.39 is 0 Å². The Bertz CT molecular complexity index is 381. The van der Waals surface area contributed by atoms with Crippen molar-refractivity contribution in [3.63, 3.8) is 0 Å². The monoisotopic (exact) mass is 225 g/mol. The number of benzene rings is 1. The van der Waals surface area contributed by atoms with Gasteiger partial charge in [0.25, 0.3) is 0 Å². The highest BCUT2D eigenvalue weighted by atomic mass is 32.7. The Labute approximate surface area is 87.5 Å². The first-order valence-corrected chi connectivity index (χ1v) is 6.47. The van der Waals surface area contributed by atoms with E-state index in [1.165, 1.54) is 5.29 Å². The molecule has 2 rings (SSSR count). The van der Waals surface area contributed by atoms with Gasteiger partial charge in [-0.2, -0.15) is 0 Å². The maximum Gasteiger partial charge on any atom is 0.127 e. The van der Waals surface area contributed by atoms with E-state index in [0.717, 1.165) is 36.7 Å². The SMILES string of the molecule is O=NSP=C1CCOc2ccccc21. The summed E-state index contributed by atoms with van der Waals surface area (Å²) >= 11 is 1.03. The molecule has 1 aliphatic heterocycles. The van der Waals surface area contributed by atoms with Crippen molar-refractivity contribution in [2.75, 3.05) is 6.61 Å². The molecule has 0 unspecified atom stereocenters. The van der Waals surface area contributed by atoms with Gasteiger partial charge in [-0.25, -0.2) is 0 Å². The van der Waals surface area contributed by atoms with E-state index in [1.54, 1.807) is 0 Å². The minimum absolute atomic E-state index is 0.693. The van der Waals surface area contributed by atoms with Crippen LogP contribution in [0.3, 0.4) is 0 Å². The Balaban J connectivity index is 2.35. The van der Waals surface area contributed by atoms with Crippen LogP contribution in [0.25, 0.3) is 0 Å². The van der Waals surface area contributed by atoms with Gasteiger partial charge in [0.2, 0.25) is 0 Å². The van der Waals surface area contributed by atoms with E-state index in [0.29, 0.717) is 6.61 Å². The van der Waals surface area contributed by atoms with Gasteiger partial charge in [-0.3, -0.25) is 0 Å². The predicted molar refractivity (Wildman–Crippen MR) is 61.0 cm³/mol. The zero-order valence-corrected chi connectivity index (χ0v) is 9.05. The minimum atomic E-state index is 0.693. The summed E-state index contributed by atoms with van der Waals surface area (Å²) in [5.41, 5.74) is 1.11. The van der Waals surface area contributed by atoms with Gasteiger partial charge in [-0.05, 0) is 13.5 Å². The van der Waals surface area contributed by atoms with Crippen molar-refractivity contribution >= 4 is 24.3 Å². The van der Waals surface area contributed by atoms with Crippen molar-refractivity contribution in [2.45, 2.75) is 6.42 Å². The van der Waals surface area contributed by atoms with Gasteiger partial charge in [0, 0.05) is 21.9 Å². The summed E-state index contributed by atoms with van der Waals surface area (Å²) in [7, 11) is 0.918. The molecule has 1 aliphatic rings. The van der Waals surface area contributed by atoms with Crippen molar-refractivity contribution in [2.24, 2.45) is 4.58 Å². The van der Waals surface area contributed by atoms with Crippen molar-refractivity contribution in [1.82, 2.24) is 0 Å². The lowest BCUT2D eigenvalue weighted by Crippen LogP contribution is -2.14. The summed E-state index contributed by atoms with van der Waals surface area (Å²) in [6.45, 7) is 0.693. The molecule has 0 saturated carbocycles. The fourth-order valence-electron chi connectivity index (χ4n) is 1.38. The summed E-state index contributed by atoms with van der Waals surface area (Å²) in [6, 6.07) is 7.89. The van der Waals surface area contributed by atoms with Gasteiger partial charge in [-0.15, -0.1) is 4.91 Å². The largest absolute Gasteiger partial charge is 0.493 e. The molecule has 0 atom stereocenters. The van der Waals surface area contributed by atoms with Crippen LogP contribution in [0.5, 0.6) is 5.75 Å². The average Bonchev–Trinajstić information content (AvgIpc) is 2.26. The fraction of sp³-hybridized carbons (Fsp3) is 0.222. The van der Waals surface area contributed by atoms with Gasteiger partial charge in [0.05, 0.1) is 18.2 Å². The number of para-hydroxylation sites is 1. The van der Waals surface area contributed by atoms with E-state index in [9.17, 15) is 4.91 Å². The van der Waals surface area contributed by atoms with Crippen molar-refractivity contribution in [3.8, 4) is 5.75 Å². The predicted octanol–water partition coefficient (Wildman–Crippen LogP) is 3.27. The van der Waals surface area contributed by atoms with E-state index in [4.69, 9.17) is 4.74 Å². The smallest absolute Gasteiger partial charge is 0.127 e. The van der Waals surface area contributed by atoms with Crippen molar-refractivity contribution in [3.05, 3.63) is 34.7 Å². The molecular formula is C9H8NO2PS. The van der Waals surface area contributed by atoms with Crippen LogP contribution >= 0.6 is 19.0 Å². The zero-order chi connectivity index (χ0) is 9.80. The van der Waals surface area contributed by atoms with Gasteiger partial charge in [-0.1, -0.05) is 18.2 Å². The molecule has 0 fully saturated rings. The first kappa shape index (κ1) is 9.69. The number of fused-ring (bicyclic) bond motifs is 1. The standard InChI is InChI=1S/C9H8NO2PS/c11-10-14-13-9-5-6-12-8-4-2-1-3-7(8)9/h1-4H,5-6H2.